The average molecular weight is 279 g/mol. The lowest BCUT2D eigenvalue weighted by atomic mass is 9.98. The molecule has 2 N–H and O–H groups in total. The number of hydrogen-bond acceptors (Lipinski definition) is 3. The monoisotopic (exact) mass is 279 g/mol. The maximum atomic E-state index is 5.95. The molecule has 0 atom stereocenters. The average Bonchev–Trinajstić information content (AvgIpc) is 2.46. The SMILES string of the molecule is COc1ccc(COC2CCCCC2)cc1C(N)=S. The summed E-state index contributed by atoms with van der Waals surface area (Å²) in [5, 5.41) is 0. The Labute approximate surface area is 120 Å². The van der Waals surface area contributed by atoms with Gasteiger partial charge in [0.15, 0.2) is 0 Å². The molecule has 0 spiro atoms. The highest BCUT2D eigenvalue weighted by Crippen LogP contribution is 2.23. The number of ether oxygens (including phenoxy) is 2. The summed E-state index contributed by atoms with van der Waals surface area (Å²) in [4.78, 5) is 0.358. The molecule has 1 aromatic carbocycles. The zero-order valence-corrected chi connectivity index (χ0v) is 12.2. The summed E-state index contributed by atoms with van der Waals surface area (Å²) in [6, 6.07) is 5.86. The first kappa shape index (κ1) is 14.3. The van der Waals surface area contributed by atoms with Crippen LogP contribution in [0.2, 0.25) is 0 Å². The largest absolute Gasteiger partial charge is 0.496 e. The van der Waals surface area contributed by atoms with Crippen molar-refractivity contribution in [2.75, 3.05) is 7.11 Å². The van der Waals surface area contributed by atoms with Crippen LogP contribution >= 0.6 is 12.2 Å². The van der Waals surface area contributed by atoms with Crippen molar-refractivity contribution in [1.82, 2.24) is 0 Å². The van der Waals surface area contributed by atoms with Crippen LogP contribution in [-0.4, -0.2) is 18.2 Å². The Morgan fingerprint density at radius 2 is 2.05 bits per heavy atom. The second kappa shape index (κ2) is 6.87. The fraction of sp³-hybridized carbons (Fsp3) is 0.533. The fourth-order valence-electron chi connectivity index (χ4n) is 2.48. The quantitative estimate of drug-likeness (QED) is 0.841. The molecule has 1 saturated carbocycles. The Hall–Kier alpha value is -1.13. The van der Waals surface area contributed by atoms with Gasteiger partial charge in [-0.05, 0) is 30.5 Å². The predicted molar refractivity (Wildman–Crippen MR) is 80.5 cm³/mol. The number of rotatable bonds is 5. The fourth-order valence-corrected chi connectivity index (χ4v) is 2.64. The summed E-state index contributed by atoms with van der Waals surface area (Å²) in [5.74, 6) is 0.717. The third-order valence-electron chi connectivity index (χ3n) is 3.57. The molecule has 19 heavy (non-hydrogen) atoms. The lowest BCUT2D eigenvalue weighted by Crippen LogP contribution is -2.17. The van der Waals surface area contributed by atoms with Crippen LogP contribution < -0.4 is 10.5 Å². The van der Waals surface area contributed by atoms with Crippen molar-refractivity contribution in [2.24, 2.45) is 5.73 Å². The van der Waals surface area contributed by atoms with Gasteiger partial charge in [0.1, 0.15) is 10.7 Å². The first-order chi connectivity index (χ1) is 9.20. The molecule has 0 bridgehead atoms. The van der Waals surface area contributed by atoms with Gasteiger partial charge >= 0.3 is 0 Å². The number of benzene rings is 1. The van der Waals surface area contributed by atoms with E-state index in [4.69, 9.17) is 27.4 Å². The molecule has 0 aliphatic heterocycles. The van der Waals surface area contributed by atoms with E-state index in [1.54, 1.807) is 7.11 Å². The second-order valence-corrected chi connectivity index (χ2v) is 5.41. The highest BCUT2D eigenvalue weighted by atomic mass is 32.1. The Morgan fingerprint density at radius 3 is 2.68 bits per heavy atom. The van der Waals surface area contributed by atoms with Crippen molar-refractivity contribution in [3.8, 4) is 5.75 Å². The van der Waals surface area contributed by atoms with Gasteiger partial charge in [0, 0.05) is 0 Å². The number of hydrogen-bond donors (Lipinski definition) is 1. The second-order valence-electron chi connectivity index (χ2n) is 4.97. The Morgan fingerprint density at radius 1 is 1.32 bits per heavy atom. The van der Waals surface area contributed by atoms with Crippen molar-refractivity contribution < 1.29 is 9.47 Å². The number of thiocarbonyl (C=S) groups is 1. The van der Waals surface area contributed by atoms with Gasteiger partial charge < -0.3 is 15.2 Å². The normalized spacial score (nSPS) is 16.3. The van der Waals surface area contributed by atoms with E-state index in [0.29, 0.717) is 23.4 Å². The predicted octanol–water partition coefficient (Wildman–Crippen LogP) is 3.18. The molecule has 3 nitrogen and oxygen atoms in total. The zero-order valence-electron chi connectivity index (χ0n) is 11.4. The van der Waals surface area contributed by atoms with Crippen LogP contribution in [0.1, 0.15) is 43.2 Å². The smallest absolute Gasteiger partial charge is 0.129 e. The zero-order chi connectivity index (χ0) is 13.7. The summed E-state index contributed by atoms with van der Waals surface area (Å²) in [6.07, 6.45) is 6.67. The Bertz CT molecular complexity index is 442. The minimum atomic E-state index is 0.358. The summed E-state index contributed by atoms with van der Waals surface area (Å²) < 4.78 is 11.2. The van der Waals surface area contributed by atoms with Gasteiger partial charge in [0.25, 0.3) is 0 Å². The molecule has 0 aromatic heterocycles. The van der Waals surface area contributed by atoms with Crippen molar-refractivity contribution in [3.05, 3.63) is 29.3 Å². The Kier molecular flexibility index (Phi) is 5.16. The van der Waals surface area contributed by atoms with Crippen LogP contribution in [-0.2, 0) is 11.3 Å². The minimum Gasteiger partial charge on any atom is -0.496 e. The molecule has 1 fully saturated rings. The van der Waals surface area contributed by atoms with Crippen molar-refractivity contribution >= 4 is 17.2 Å². The van der Waals surface area contributed by atoms with E-state index >= 15 is 0 Å². The maximum absolute atomic E-state index is 5.95. The van der Waals surface area contributed by atoms with Crippen molar-refractivity contribution in [1.29, 1.82) is 0 Å². The van der Waals surface area contributed by atoms with Gasteiger partial charge in [0.05, 0.1) is 25.4 Å². The van der Waals surface area contributed by atoms with Crippen LogP contribution in [0.25, 0.3) is 0 Å². The minimum absolute atomic E-state index is 0.358. The third kappa shape index (κ3) is 3.91. The topological polar surface area (TPSA) is 44.5 Å². The van der Waals surface area contributed by atoms with Crippen molar-refractivity contribution in [3.63, 3.8) is 0 Å². The highest BCUT2D eigenvalue weighted by molar-refractivity contribution is 7.80. The van der Waals surface area contributed by atoms with Crippen LogP contribution in [0, 0.1) is 0 Å². The molecule has 4 heteroatoms. The van der Waals surface area contributed by atoms with Crippen LogP contribution in [0.3, 0.4) is 0 Å². The molecule has 1 aromatic rings. The first-order valence-corrected chi connectivity index (χ1v) is 7.20. The molecule has 1 aliphatic carbocycles. The lowest BCUT2D eigenvalue weighted by Gasteiger charge is -2.22. The summed E-state index contributed by atoms with van der Waals surface area (Å²) in [7, 11) is 1.62. The van der Waals surface area contributed by atoms with Gasteiger partial charge in [-0.25, -0.2) is 0 Å². The Balaban J connectivity index is 2.00. The third-order valence-corrected chi connectivity index (χ3v) is 3.79. The van der Waals surface area contributed by atoms with Crippen molar-refractivity contribution in [2.45, 2.75) is 44.8 Å². The highest BCUT2D eigenvalue weighted by Gasteiger charge is 2.14. The molecular formula is C15H21NO2S. The summed E-state index contributed by atoms with van der Waals surface area (Å²) in [5.41, 5.74) is 7.58. The standard InChI is InChI=1S/C15H21NO2S/c1-17-14-8-7-11(9-13(14)15(16)19)10-18-12-5-3-2-4-6-12/h7-9,12H,2-6,10H2,1H3,(H2,16,19). The molecule has 0 saturated heterocycles. The van der Waals surface area contributed by atoms with E-state index in [-0.39, 0.29) is 0 Å². The van der Waals surface area contributed by atoms with E-state index in [0.717, 1.165) is 11.1 Å². The van der Waals surface area contributed by atoms with E-state index in [1.807, 2.05) is 18.2 Å². The van der Waals surface area contributed by atoms with E-state index < -0.39 is 0 Å². The lowest BCUT2D eigenvalue weighted by molar-refractivity contribution is 0.0168. The van der Waals surface area contributed by atoms with Crippen LogP contribution in [0.4, 0.5) is 0 Å². The van der Waals surface area contributed by atoms with Gasteiger partial charge in [-0.3, -0.25) is 0 Å². The van der Waals surface area contributed by atoms with E-state index in [2.05, 4.69) is 0 Å². The molecule has 0 amide bonds. The van der Waals surface area contributed by atoms with Gasteiger partial charge in [0.2, 0.25) is 0 Å². The number of methoxy groups -OCH3 is 1. The molecule has 0 heterocycles. The molecule has 2 rings (SSSR count). The molecule has 0 radical (unpaired) electrons. The maximum Gasteiger partial charge on any atom is 0.129 e. The van der Waals surface area contributed by atoms with Gasteiger partial charge in [-0.15, -0.1) is 0 Å². The summed E-state index contributed by atoms with van der Waals surface area (Å²) in [6.45, 7) is 0.615. The molecule has 104 valence electrons. The van der Waals surface area contributed by atoms with Crippen LogP contribution in [0.5, 0.6) is 5.75 Å². The first-order valence-electron chi connectivity index (χ1n) is 6.79. The summed E-state index contributed by atoms with van der Waals surface area (Å²) >= 11 is 5.04. The molecular weight excluding hydrogens is 258 g/mol. The molecule has 0 unspecified atom stereocenters. The van der Waals surface area contributed by atoms with Crippen LogP contribution in [0.15, 0.2) is 18.2 Å². The van der Waals surface area contributed by atoms with E-state index in [9.17, 15) is 0 Å². The van der Waals surface area contributed by atoms with Gasteiger partial charge in [-0.1, -0.05) is 37.5 Å². The van der Waals surface area contributed by atoms with E-state index in [1.165, 1.54) is 32.1 Å². The number of nitrogens with two attached hydrogens (primary N) is 1. The molecule has 1 aliphatic rings. The van der Waals surface area contributed by atoms with Gasteiger partial charge in [-0.2, -0.15) is 0 Å².